The van der Waals surface area contributed by atoms with Gasteiger partial charge < -0.3 is 15.6 Å². The fourth-order valence-electron chi connectivity index (χ4n) is 3.80. The smallest absolute Gasteiger partial charge is 0.320 e. The number of hydrogen-bond acceptors (Lipinski definition) is 8. The summed E-state index contributed by atoms with van der Waals surface area (Å²) in [4.78, 5) is 27.7. The lowest BCUT2D eigenvalue weighted by atomic mass is 9.86. The number of aliphatic imine (C=N–C) groups is 1. The molecule has 1 aliphatic heterocycles. The van der Waals surface area contributed by atoms with Crippen molar-refractivity contribution in [1.82, 2.24) is 15.0 Å². The maximum atomic E-state index is 14.7. The van der Waals surface area contributed by atoms with Gasteiger partial charge in [-0.2, -0.15) is 4.39 Å². The lowest BCUT2D eigenvalue weighted by Gasteiger charge is -2.32. The van der Waals surface area contributed by atoms with Crippen LogP contribution >= 0.6 is 11.8 Å². The van der Waals surface area contributed by atoms with Gasteiger partial charge in [0.15, 0.2) is 17.6 Å². The van der Waals surface area contributed by atoms with Gasteiger partial charge >= 0.3 is 5.97 Å². The van der Waals surface area contributed by atoms with E-state index in [1.165, 1.54) is 18.5 Å². The van der Waals surface area contributed by atoms with Gasteiger partial charge in [0, 0.05) is 17.7 Å². The molecule has 0 spiro atoms. The Morgan fingerprint density at radius 2 is 2.22 bits per heavy atom. The summed E-state index contributed by atoms with van der Waals surface area (Å²) < 4.78 is 33.4. The Hall–Kier alpha value is -3.52. The molecule has 1 saturated carbocycles. The molecule has 2 aliphatic rings. The van der Waals surface area contributed by atoms with Crippen molar-refractivity contribution < 1.29 is 23.4 Å². The zero-order chi connectivity index (χ0) is 23.1. The highest BCUT2D eigenvalue weighted by molar-refractivity contribution is 8.15. The molecular weight excluding hydrogens is 440 g/mol. The molecule has 0 bridgehead atoms. The molecule has 32 heavy (non-hydrogen) atoms. The number of aliphatic carboxylic acids is 1. The van der Waals surface area contributed by atoms with Crippen molar-refractivity contribution in [2.45, 2.75) is 23.6 Å². The first kappa shape index (κ1) is 21.7. The number of carbonyl (C=O) groups is 1. The molecule has 0 amide bonds. The maximum Gasteiger partial charge on any atom is 0.320 e. The minimum atomic E-state index is -1.25. The van der Waals surface area contributed by atoms with Crippen LogP contribution in [0.4, 0.5) is 8.78 Å². The van der Waals surface area contributed by atoms with Crippen molar-refractivity contribution in [3.05, 3.63) is 47.4 Å². The van der Waals surface area contributed by atoms with Gasteiger partial charge in [0.2, 0.25) is 11.8 Å². The van der Waals surface area contributed by atoms with E-state index < -0.39 is 33.9 Å². The second-order valence-electron chi connectivity index (χ2n) is 7.48. The van der Waals surface area contributed by atoms with Gasteiger partial charge in [0.1, 0.15) is 10.4 Å². The third-order valence-corrected chi connectivity index (χ3v) is 6.75. The zero-order valence-electron chi connectivity index (χ0n) is 16.7. The van der Waals surface area contributed by atoms with E-state index in [1.54, 1.807) is 6.92 Å². The molecule has 8 nitrogen and oxygen atoms in total. The summed E-state index contributed by atoms with van der Waals surface area (Å²) in [6, 6.07) is 1.39. The number of amidine groups is 1. The van der Waals surface area contributed by atoms with E-state index >= 15 is 0 Å². The molecule has 2 aromatic rings. The highest BCUT2D eigenvalue weighted by Crippen LogP contribution is 2.65. The summed E-state index contributed by atoms with van der Waals surface area (Å²) in [5.41, 5.74) is 4.83. The molecule has 4 rings (SSSR count). The second kappa shape index (κ2) is 7.87. The molecule has 164 valence electrons. The summed E-state index contributed by atoms with van der Waals surface area (Å²) in [6.07, 6.45) is 10.1. The number of carboxylic acids is 1. The third-order valence-electron chi connectivity index (χ3n) is 5.45. The predicted molar refractivity (Wildman–Crippen MR) is 115 cm³/mol. The molecule has 1 fully saturated rings. The van der Waals surface area contributed by atoms with Crippen molar-refractivity contribution in [3.8, 4) is 18.2 Å². The first-order chi connectivity index (χ1) is 15.2. The number of pyridine rings is 1. The maximum absolute atomic E-state index is 14.7. The number of halogens is 2. The van der Waals surface area contributed by atoms with Crippen molar-refractivity contribution in [2.24, 2.45) is 16.6 Å². The molecule has 3 unspecified atom stereocenters. The molecular formula is C21H17F2N5O3S. The number of aromatic nitrogens is 3. The van der Waals surface area contributed by atoms with Gasteiger partial charge in [0.05, 0.1) is 17.9 Å². The fraction of sp³-hybridized carbons (Fsp3) is 0.286. The van der Waals surface area contributed by atoms with E-state index in [9.17, 15) is 18.7 Å². The molecule has 3 atom stereocenters. The van der Waals surface area contributed by atoms with E-state index in [2.05, 4.69) is 25.9 Å². The van der Waals surface area contributed by atoms with Crippen LogP contribution in [0.2, 0.25) is 0 Å². The number of fused-ring (bicyclic) bond motifs is 1. The van der Waals surface area contributed by atoms with E-state index in [0.717, 1.165) is 24.0 Å². The SMILES string of the molecule is C#CCOc1cnc(C(F)=Cc2cnc(F)c(C3(C)N=C(N)SC4(C(=O)O)CC43)c2)cn1. The van der Waals surface area contributed by atoms with Gasteiger partial charge in [-0.25, -0.2) is 19.3 Å². The fourth-order valence-corrected chi connectivity index (χ4v) is 5.12. The summed E-state index contributed by atoms with van der Waals surface area (Å²) in [6.45, 7) is 1.62. The Labute approximate surface area is 186 Å². The van der Waals surface area contributed by atoms with E-state index in [0.29, 0.717) is 0 Å². The number of rotatable bonds is 6. The minimum absolute atomic E-state index is 0.00476. The standard InChI is InChI=1S/C21H17F2N5O3S/c1-3-4-31-16-10-25-14(9-26-16)13(22)6-11-5-12(17(23)27-8-11)20(2)15-7-21(15,18(29)30)32-19(24)28-20/h1,5-6,8-10,15H,4,7H2,2H3,(H2,24,28)(H,29,30). The summed E-state index contributed by atoms with van der Waals surface area (Å²) in [5.74, 6) is -0.641. The molecule has 11 heteroatoms. The first-order valence-corrected chi connectivity index (χ1v) is 10.2. The number of nitrogens with two attached hydrogens (primary N) is 1. The van der Waals surface area contributed by atoms with Gasteiger partial charge in [-0.3, -0.25) is 9.79 Å². The first-order valence-electron chi connectivity index (χ1n) is 9.39. The summed E-state index contributed by atoms with van der Waals surface area (Å²) in [5, 5.41) is 9.69. The number of carboxylic acid groups (broad SMARTS) is 1. The zero-order valence-corrected chi connectivity index (χ0v) is 17.6. The molecule has 0 saturated heterocycles. The molecule has 0 radical (unpaired) electrons. The summed E-state index contributed by atoms with van der Waals surface area (Å²) in [7, 11) is 0. The molecule has 0 aromatic carbocycles. The minimum Gasteiger partial charge on any atom is -0.480 e. The number of thioether (sulfide) groups is 1. The topological polar surface area (TPSA) is 124 Å². The van der Waals surface area contributed by atoms with E-state index in [1.807, 2.05) is 0 Å². The second-order valence-corrected chi connectivity index (χ2v) is 8.83. The van der Waals surface area contributed by atoms with Crippen molar-refractivity contribution in [3.63, 3.8) is 0 Å². The monoisotopic (exact) mass is 457 g/mol. The molecule has 2 aromatic heterocycles. The molecule has 3 heterocycles. The lowest BCUT2D eigenvalue weighted by molar-refractivity contribution is -0.137. The Morgan fingerprint density at radius 3 is 2.88 bits per heavy atom. The number of hydrogen-bond donors (Lipinski definition) is 2. The third kappa shape index (κ3) is 3.67. The number of terminal acetylenes is 1. The van der Waals surface area contributed by atoms with Crippen molar-refractivity contribution >= 4 is 34.8 Å². The van der Waals surface area contributed by atoms with Crippen LogP contribution in [0.15, 0.2) is 29.6 Å². The molecule has 1 aliphatic carbocycles. The Balaban J connectivity index is 1.66. The summed E-state index contributed by atoms with van der Waals surface area (Å²) >= 11 is 0.969. The van der Waals surface area contributed by atoms with Crippen LogP contribution < -0.4 is 10.5 Å². The number of nitrogens with zero attached hydrogens (tertiary/aromatic N) is 4. The normalized spacial score (nSPS) is 26.5. The van der Waals surface area contributed by atoms with Crippen LogP contribution in [-0.2, 0) is 10.3 Å². The van der Waals surface area contributed by atoms with Crippen LogP contribution in [0.1, 0.15) is 30.2 Å². The van der Waals surface area contributed by atoms with Crippen LogP contribution in [0.25, 0.3) is 11.9 Å². The van der Waals surface area contributed by atoms with Crippen LogP contribution in [0.3, 0.4) is 0 Å². The van der Waals surface area contributed by atoms with Crippen LogP contribution in [-0.4, -0.2) is 42.5 Å². The van der Waals surface area contributed by atoms with Gasteiger partial charge in [-0.15, -0.1) is 6.42 Å². The predicted octanol–water partition coefficient (Wildman–Crippen LogP) is 2.61. The highest BCUT2D eigenvalue weighted by Gasteiger charge is 2.71. The van der Waals surface area contributed by atoms with Gasteiger partial charge in [-0.1, -0.05) is 17.7 Å². The van der Waals surface area contributed by atoms with Crippen LogP contribution in [0, 0.1) is 24.2 Å². The lowest BCUT2D eigenvalue weighted by Crippen LogP contribution is -2.39. The van der Waals surface area contributed by atoms with E-state index in [4.69, 9.17) is 16.9 Å². The quantitative estimate of drug-likeness (QED) is 0.501. The highest BCUT2D eigenvalue weighted by atomic mass is 32.2. The average Bonchev–Trinajstić information content (AvgIpc) is 3.51. The van der Waals surface area contributed by atoms with Gasteiger partial charge in [0.25, 0.3) is 0 Å². The molecule has 3 N–H and O–H groups in total. The largest absolute Gasteiger partial charge is 0.480 e. The van der Waals surface area contributed by atoms with Crippen molar-refractivity contribution in [1.29, 1.82) is 0 Å². The van der Waals surface area contributed by atoms with Crippen LogP contribution in [0.5, 0.6) is 5.88 Å². The average molecular weight is 457 g/mol. The Morgan fingerprint density at radius 1 is 1.44 bits per heavy atom. The Kier molecular flexibility index (Phi) is 5.34. The Bertz CT molecular complexity index is 1200. The van der Waals surface area contributed by atoms with E-state index in [-0.39, 0.29) is 40.9 Å². The van der Waals surface area contributed by atoms with Gasteiger partial charge in [-0.05, 0) is 31.1 Å². The van der Waals surface area contributed by atoms with Crippen molar-refractivity contribution in [2.75, 3.05) is 6.61 Å². The number of ether oxygens (including phenoxy) is 1.